The molecule has 0 spiro atoms. The minimum atomic E-state index is -0.484. The Hall–Kier alpha value is -0.810. The van der Waals surface area contributed by atoms with Crippen molar-refractivity contribution in [3.05, 3.63) is 0 Å². The van der Waals surface area contributed by atoms with E-state index in [1.54, 1.807) is 4.90 Å². The van der Waals surface area contributed by atoms with E-state index in [9.17, 15) is 9.59 Å². The lowest BCUT2D eigenvalue weighted by molar-refractivity contribution is -0.152. The fraction of sp³-hybridized carbons (Fsp3) is 0.857. The fourth-order valence-corrected chi connectivity index (χ4v) is 2.90. The molecule has 2 rings (SSSR count). The van der Waals surface area contributed by atoms with Crippen LogP contribution in [0.15, 0.2) is 0 Å². The molecule has 6 heteroatoms. The average molecular weight is 304 g/mol. The smallest absolute Gasteiger partial charge is 0.242 e. The number of nitrogens with zero attached hydrogens (tertiary/aromatic N) is 2. The van der Waals surface area contributed by atoms with E-state index in [2.05, 4.69) is 0 Å². The highest BCUT2D eigenvalue weighted by Gasteiger charge is 2.41. The van der Waals surface area contributed by atoms with E-state index in [1.165, 1.54) is 0 Å². The Morgan fingerprint density at radius 1 is 1.30 bits per heavy atom. The highest BCUT2D eigenvalue weighted by molar-refractivity contribution is 5.89. The van der Waals surface area contributed by atoms with Crippen LogP contribution in [0.2, 0.25) is 0 Å². The van der Waals surface area contributed by atoms with E-state index < -0.39 is 5.41 Å². The van der Waals surface area contributed by atoms with Crippen molar-refractivity contribution < 1.29 is 9.59 Å². The zero-order chi connectivity index (χ0) is 14.0. The van der Waals surface area contributed by atoms with Crippen LogP contribution in [-0.2, 0) is 9.59 Å². The van der Waals surface area contributed by atoms with Crippen LogP contribution in [0.3, 0.4) is 0 Å². The predicted molar refractivity (Wildman–Crippen MR) is 80.6 cm³/mol. The van der Waals surface area contributed by atoms with Crippen molar-refractivity contribution in [2.45, 2.75) is 45.6 Å². The Morgan fingerprint density at radius 3 is 2.30 bits per heavy atom. The number of hydrogen-bond acceptors (Lipinski definition) is 3. The first-order valence-corrected chi connectivity index (χ1v) is 7.37. The summed E-state index contributed by atoms with van der Waals surface area (Å²) in [6.45, 7) is 5.92. The molecule has 2 aliphatic rings. The van der Waals surface area contributed by atoms with Gasteiger partial charge in [-0.25, -0.2) is 0 Å². The van der Waals surface area contributed by atoms with Crippen LogP contribution in [-0.4, -0.2) is 53.8 Å². The van der Waals surface area contributed by atoms with E-state index in [4.69, 9.17) is 5.73 Å². The van der Waals surface area contributed by atoms with E-state index in [-0.39, 0.29) is 30.8 Å². The second kappa shape index (κ2) is 6.76. The number of hydrogen-bond donors (Lipinski definition) is 1. The topological polar surface area (TPSA) is 66.6 Å². The summed E-state index contributed by atoms with van der Waals surface area (Å²) in [5.41, 5.74) is 5.33. The summed E-state index contributed by atoms with van der Waals surface area (Å²) in [7, 11) is 0. The highest BCUT2D eigenvalue weighted by Crippen LogP contribution is 2.31. The minimum Gasteiger partial charge on any atom is -0.336 e. The Kier molecular flexibility index (Phi) is 5.83. The summed E-state index contributed by atoms with van der Waals surface area (Å²) in [6, 6.07) is 0.446. The van der Waals surface area contributed by atoms with Crippen molar-refractivity contribution in [3.8, 4) is 0 Å². The molecule has 20 heavy (non-hydrogen) atoms. The number of carbonyl (C=O) groups excluding carboxylic acids is 2. The lowest BCUT2D eigenvalue weighted by Gasteiger charge is -2.40. The van der Waals surface area contributed by atoms with Crippen LogP contribution in [0, 0.1) is 5.41 Å². The van der Waals surface area contributed by atoms with Crippen molar-refractivity contribution in [1.29, 1.82) is 0 Å². The zero-order valence-corrected chi connectivity index (χ0v) is 13.2. The van der Waals surface area contributed by atoms with Crippen LogP contribution in [0.1, 0.15) is 39.5 Å². The summed E-state index contributed by atoms with van der Waals surface area (Å²) in [6.07, 6.45) is 3.71. The summed E-state index contributed by atoms with van der Waals surface area (Å²) < 4.78 is 0. The minimum absolute atomic E-state index is 0. The molecule has 0 aromatic rings. The summed E-state index contributed by atoms with van der Waals surface area (Å²) >= 11 is 0. The van der Waals surface area contributed by atoms with Crippen molar-refractivity contribution in [2.24, 2.45) is 11.1 Å². The first-order chi connectivity index (χ1) is 9.07. The molecule has 0 radical (unpaired) electrons. The first-order valence-electron chi connectivity index (χ1n) is 7.37. The molecule has 1 heterocycles. The summed E-state index contributed by atoms with van der Waals surface area (Å²) in [4.78, 5) is 28.4. The Morgan fingerprint density at radius 2 is 1.90 bits per heavy atom. The third kappa shape index (κ3) is 3.09. The van der Waals surface area contributed by atoms with Crippen LogP contribution < -0.4 is 5.73 Å². The van der Waals surface area contributed by atoms with Gasteiger partial charge in [0, 0.05) is 25.7 Å². The van der Waals surface area contributed by atoms with Crippen molar-refractivity contribution in [2.75, 3.05) is 26.2 Å². The molecule has 1 aliphatic heterocycles. The van der Waals surface area contributed by atoms with Crippen molar-refractivity contribution >= 4 is 24.2 Å². The van der Waals surface area contributed by atoms with E-state index in [0.29, 0.717) is 25.7 Å². The lowest BCUT2D eigenvalue weighted by atomic mass is 9.80. The van der Waals surface area contributed by atoms with Crippen LogP contribution in [0.4, 0.5) is 0 Å². The van der Waals surface area contributed by atoms with Gasteiger partial charge in [0.2, 0.25) is 11.8 Å². The second-order valence-electron chi connectivity index (χ2n) is 5.74. The van der Waals surface area contributed by atoms with Crippen molar-refractivity contribution in [1.82, 2.24) is 9.80 Å². The Bertz CT molecular complexity index is 359. The maximum Gasteiger partial charge on any atom is 0.242 e. The molecule has 1 aliphatic carbocycles. The standard InChI is InChI=1S/C14H25N3O2.ClH/c1-3-14(4-2,10-15)13(19)16-7-8-17(11-5-6-11)12(18)9-16;/h11H,3-10,15H2,1-2H3;1H. The molecule has 0 atom stereocenters. The summed E-state index contributed by atoms with van der Waals surface area (Å²) in [5.74, 6) is 0.157. The van der Waals surface area contributed by atoms with Gasteiger partial charge in [0.1, 0.15) is 0 Å². The largest absolute Gasteiger partial charge is 0.336 e. The molecular weight excluding hydrogens is 278 g/mol. The van der Waals surface area contributed by atoms with Gasteiger partial charge in [-0.2, -0.15) is 0 Å². The first kappa shape index (κ1) is 17.2. The van der Waals surface area contributed by atoms with Gasteiger partial charge < -0.3 is 15.5 Å². The van der Waals surface area contributed by atoms with Gasteiger partial charge in [-0.1, -0.05) is 13.8 Å². The highest BCUT2D eigenvalue weighted by atomic mass is 35.5. The molecule has 0 aromatic carbocycles. The van der Waals surface area contributed by atoms with E-state index >= 15 is 0 Å². The monoisotopic (exact) mass is 303 g/mol. The van der Waals surface area contributed by atoms with Gasteiger partial charge in [-0.15, -0.1) is 12.4 Å². The maximum atomic E-state index is 12.6. The van der Waals surface area contributed by atoms with Gasteiger partial charge in [0.05, 0.1) is 12.0 Å². The third-order valence-corrected chi connectivity index (χ3v) is 4.73. The molecule has 2 N–H and O–H groups in total. The molecule has 1 saturated heterocycles. The molecule has 1 saturated carbocycles. The zero-order valence-electron chi connectivity index (χ0n) is 12.4. The number of carbonyl (C=O) groups is 2. The van der Waals surface area contributed by atoms with E-state index in [1.807, 2.05) is 18.7 Å². The predicted octanol–water partition coefficient (Wildman–Crippen LogP) is 1.01. The molecule has 116 valence electrons. The SMILES string of the molecule is CCC(CC)(CN)C(=O)N1CCN(C2CC2)C(=O)C1.Cl. The third-order valence-electron chi connectivity index (χ3n) is 4.73. The number of piperazine rings is 1. The van der Waals surface area contributed by atoms with Crippen LogP contribution >= 0.6 is 12.4 Å². The molecule has 2 amide bonds. The fourth-order valence-electron chi connectivity index (χ4n) is 2.90. The molecule has 0 unspecified atom stereocenters. The molecular formula is C14H26ClN3O2. The second-order valence-corrected chi connectivity index (χ2v) is 5.74. The Labute approximate surface area is 127 Å². The number of halogens is 1. The van der Waals surface area contributed by atoms with Gasteiger partial charge in [-0.05, 0) is 25.7 Å². The lowest BCUT2D eigenvalue weighted by Crippen LogP contribution is -2.57. The summed E-state index contributed by atoms with van der Waals surface area (Å²) in [5, 5.41) is 0. The average Bonchev–Trinajstić information content (AvgIpc) is 3.25. The van der Waals surface area contributed by atoms with Crippen LogP contribution in [0.25, 0.3) is 0 Å². The quantitative estimate of drug-likeness (QED) is 0.824. The van der Waals surface area contributed by atoms with E-state index in [0.717, 1.165) is 25.7 Å². The van der Waals surface area contributed by atoms with Crippen LogP contribution in [0.5, 0.6) is 0 Å². The number of rotatable bonds is 5. The normalized spacial score (nSPS) is 19.9. The number of nitrogens with two attached hydrogens (primary N) is 1. The van der Waals surface area contributed by atoms with Crippen molar-refractivity contribution in [3.63, 3.8) is 0 Å². The van der Waals surface area contributed by atoms with Gasteiger partial charge in [0.25, 0.3) is 0 Å². The van der Waals surface area contributed by atoms with Gasteiger partial charge >= 0.3 is 0 Å². The molecule has 0 aromatic heterocycles. The van der Waals surface area contributed by atoms with Gasteiger partial charge in [-0.3, -0.25) is 9.59 Å². The molecule has 0 bridgehead atoms. The number of amides is 2. The maximum absolute atomic E-state index is 12.6. The Balaban J connectivity index is 0.00000200. The van der Waals surface area contributed by atoms with Gasteiger partial charge in [0.15, 0.2) is 0 Å². The molecule has 2 fully saturated rings. The molecule has 5 nitrogen and oxygen atoms in total.